The van der Waals surface area contributed by atoms with Crippen LogP contribution in [0.4, 0.5) is 0 Å². The van der Waals surface area contributed by atoms with Crippen LogP contribution in [0.1, 0.15) is 5.56 Å². The molecule has 0 aromatic heterocycles. The standard InChI is InChI=1S/C11H12N2/c1-13-8-11(7-12,9-13)10-5-3-2-4-6-10/h2-6H,8-9H2,1H3. The molecular weight excluding hydrogens is 160 g/mol. The van der Waals surface area contributed by atoms with E-state index in [1.807, 2.05) is 37.4 Å². The molecule has 2 rings (SSSR count). The monoisotopic (exact) mass is 172 g/mol. The molecule has 0 aliphatic carbocycles. The summed E-state index contributed by atoms with van der Waals surface area (Å²) in [4.78, 5) is 2.16. The van der Waals surface area contributed by atoms with Gasteiger partial charge in [0.1, 0.15) is 5.41 Å². The van der Waals surface area contributed by atoms with Crippen molar-refractivity contribution in [1.82, 2.24) is 4.90 Å². The average Bonchev–Trinajstić information content (AvgIpc) is 2.14. The number of likely N-dealkylation sites (tertiary alicyclic amines) is 1. The summed E-state index contributed by atoms with van der Waals surface area (Å²) >= 11 is 0. The lowest BCUT2D eigenvalue weighted by molar-refractivity contribution is 0.138. The third kappa shape index (κ3) is 1.22. The Morgan fingerprint density at radius 3 is 2.38 bits per heavy atom. The lowest BCUT2D eigenvalue weighted by Gasteiger charge is -2.43. The molecule has 0 spiro atoms. The molecule has 1 aliphatic rings. The first-order valence-electron chi connectivity index (χ1n) is 4.42. The average molecular weight is 172 g/mol. The van der Waals surface area contributed by atoms with Crippen LogP contribution in [0.3, 0.4) is 0 Å². The highest BCUT2D eigenvalue weighted by atomic mass is 15.2. The minimum atomic E-state index is -0.240. The molecule has 2 nitrogen and oxygen atoms in total. The van der Waals surface area contributed by atoms with Gasteiger partial charge in [-0.05, 0) is 12.6 Å². The second-order valence-electron chi connectivity index (χ2n) is 3.73. The van der Waals surface area contributed by atoms with Crippen molar-refractivity contribution in [2.45, 2.75) is 5.41 Å². The highest BCUT2D eigenvalue weighted by Gasteiger charge is 2.42. The molecular formula is C11H12N2. The molecule has 1 aromatic rings. The molecule has 1 aromatic carbocycles. The summed E-state index contributed by atoms with van der Waals surface area (Å²) in [6.45, 7) is 1.71. The zero-order chi connectivity index (χ0) is 9.31. The van der Waals surface area contributed by atoms with Crippen molar-refractivity contribution in [1.29, 1.82) is 5.26 Å². The van der Waals surface area contributed by atoms with Gasteiger partial charge in [0.2, 0.25) is 0 Å². The zero-order valence-corrected chi connectivity index (χ0v) is 7.70. The van der Waals surface area contributed by atoms with Crippen molar-refractivity contribution < 1.29 is 0 Å². The lowest BCUT2D eigenvalue weighted by atomic mass is 9.75. The van der Waals surface area contributed by atoms with Crippen molar-refractivity contribution in [3.05, 3.63) is 35.9 Å². The molecule has 1 saturated heterocycles. The van der Waals surface area contributed by atoms with Gasteiger partial charge < -0.3 is 4.90 Å². The normalized spacial score (nSPS) is 20.3. The second-order valence-corrected chi connectivity index (χ2v) is 3.73. The van der Waals surface area contributed by atoms with Crippen LogP contribution in [-0.4, -0.2) is 25.0 Å². The number of nitriles is 1. The Labute approximate surface area is 78.4 Å². The lowest BCUT2D eigenvalue weighted by Crippen LogP contribution is -2.56. The van der Waals surface area contributed by atoms with Crippen LogP contribution in [0.25, 0.3) is 0 Å². The maximum absolute atomic E-state index is 9.13. The molecule has 2 heteroatoms. The minimum absolute atomic E-state index is 0.240. The molecule has 0 N–H and O–H groups in total. The number of likely N-dealkylation sites (N-methyl/N-ethyl adjacent to an activating group) is 1. The second kappa shape index (κ2) is 2.86. The largest absolute Gasteiger partial charge is 0.302 e. The van der Waals surface area contributed by atoms with Crippen LogP contribution >= 0.6 is 0 Å². The first kappa shape index (κ1) is 8.28. The van der Waals surface area contributed by atoms with Gasteiger partial charge in [-0.25, -0.2) is 0 Å². The summed E-state index contributed by atoms with van der Waals surface area (Å²) in [5, 5.41) is 9.13. The summed E-state index contributed by atoms with van der Waals surface area (Å²) in [6, 6.07) is 12.5. The van der Waals surface area contributed by atoms with E-state index in [4.69, 9.17) is 5.26 Å². The Morgan fingerprint density at radius 1 is 1.31 bits per heavy atom. The molecule has 0 atom stereocenters. The van der Waals surface area contributed by atoms with Gasteiger partial charge in [0.05, 0.1) is 6.07 Å². The molecule has 66 valence electrons. The Balaban J connectivity index is 2.31. The van der Waals surface area contributed by atoms with Gasteiger partial charge in [-0.15, -0.1) is 0 Å². The number of nitrogens with zero attached hydrogens (tertiary/aromatic N) is 2. The van der Waals surface area contributed by atoms with Crippen LogP contribution in [0, 0.1) is 11.3 Å². The number of hydrogen-bond acceptors (Lipinski definition) is 2. The van der Waals surface area contributed by atoms with E-state index in [-0.39, 0.29) is 5.41 Å². The molecule has 13 heavy (non-hydrogen) atoms. The van der Waals surface area contributed by atoms with Crippen LogP contribution in [0.5, 0.6) is 0 Å². The van der Waals surface area contributed by atoms with Crippen molar-refractivity contribution in [2.24, 2.45) is 0 Å². The van der Waals surface area contributed by atoms with Crippen molar-refractivity contribution in [2.75, 3.05) is 20.1 Å². The number of rotatable bonds is 1. The Hall–Kier alpha value is -1.33. The first-order valence-corrected chi connectivity index (χ1v) is 4.42. The van der Waals surface area contributed by atoms with Crippen molar-refractivity contribution in [3.8, 4) is 6.07 Å². The fourth-order valence-corrected chi connectivity index (χ4v) is 1.95. The van der Waals surface area contributed by atoms with Crippen LogP contribution < -0.4 is 0 Å². The van der Waals surface area contributed by atoms with Crippen LogP contribution in [0.2, 0.25) is 0 Å². The smallest absolute Gasteiger partial charge is 0.107 e. The quantitative estimate of drug-likeness (QED) is 0.640. The van der Waals surface area contributed by atoms with Gasteiger partial charge in [-0.3, -0.25) is 0 Å². The van der Waals surface area contributed by atoms with E-state index in [0.717, 1.165) is 18.7 Å². The predicted octanol–water partition coefficient (Wildman–Crippen LogP) is 1.39. The third-order valence-corrected chi connectivity index (χ3v) is 2.62. The number of benzene rings is 1. The fraction of sp³-hybridized carbons (Fsp3) is 0.364. The highest BCUT2D eigenvalue weighted by molar-refractivity contribution is 5.36. The van der Waals surface area contributed by atoms with Gasteiger partial charge in [0, 0.05) is 13.1 Å². The van der Waals surface area contributed by atoms with E-state index in [2.05, 4.69) is 11.0 Å². The zero-order valence-electron chi connectivity index (χ0n) is 7.70. The molecule has 0 bridgehead atoms. The Morgan fingerprint density at radius 2 is 1.92 bits per heavy atom. The van der Waals surface area contributed by atoms with Crippen LogP contribution in [0.15, 0.2) is 30.3 Å². The van der Waals surface area contributed by atoms with E-state index < -0.39 is 0 Å². The summed E-state index contributed by atoms with van der Waals surface area (Å²) in [5.41, 5.74) is 0.909. The summed E-state index contributed by atoms with van der Waals surface area (Å²) in [7, 11) is 2.04. The minimum Gasteiger partial charge on any atom is -0.302 e. The SMILES string of the molecule is CN1CC(C#N)(c2ccccc2)C1. The highest BCUT2D eigenvalue weighted by Crippen LogP contribution is 2.32. The third-order valence-electron chi connectivity index (χ3n) is 2.62. The summed E-state index contributed by atoms with van der Waals surface area (Å²) in [6.07, 6.45) is 0. The molecule has 0 radical (unpaired) electrons. The van der Waals surface area contributed by atoms with E-state index in [9.17, 15) is 0 Å². The van der Waals surface area contributed by atoms with E-state index in [1.54, 1.807) is 0 Å². The van der Waals surface area contributed by atoms with Crippen molar-refractivity contribution >= 4 is 0 Å². The fourth-order valence-electron chi connectivity index (χ4n) is 1.95. The summed E-state index contributed by atoms with van der Waals surface area (Å²) in [5.74, 6) is 0. The number of hydrogen-bond donors (Lipinski definition) is 0. The molecule has 0 amide bonds. The van der Waals surface area contributed by atoms with Crippen molar-refractivity contribution in [3.63, 3.8) is 0 Å². The molecule has 1 aliphatic heterocycles. The van der Waals surface area contributed by atoms with Crippen LogP contribution in [-0.2, 0) is 5.41 Å². The topological polar surface area (TPSA) is 27.0 Å². The van der Waals surface area contributed by atoms with E-state index in [0.29, 0.717) is 0 Å². The summed E-state index contributed by atoms with van der Waals surface area (Å²) < 4.78 is 0. The van der Waals surface area contributed by atoms with E-state index >= 15 is 0 Å². The first-order chi connectivity index (χ1) is 6.27. The van der Waals surface area contributed by atoms with Gasteiger partial charge >= 0.3 is 0 Å². The molecule has 1 heterocycles. The van der Waals surface area contributed by atoms with Gasteiger partial charge in [0.15, 0.2) is 0 Å². The van der Waals surface area contributed by atoms with E-state index in [1.165, 1.54) is 0 Å². The molecule has 1 fully saturated rings. The van der Waals surface area contributed by atoms with Gasteiger partial charge in [-0.1, -0.05) is 30.3 Å². The van der Waals surface area contributed by atoms with Gasteiger partial charge in [-0.2, -0.15) is 5.26 Å². The molecule has 0 unspecified atom stereocenters. The van der Waals surface area contributed by atoms with Gasteiger partial charge in [0.25, 0.3) is 0 Å². The predicted molar refractivity (Wildman–Crippen MR) is 51.2 cm³/mol. The Bertz CT molecular complexity index is 331. The maximum atomic E-state index is 9.13. The maximum Gasteiger partial charge on any atom is 0.107 e. The Kier molecular flexibility index (Phi) is 1.82. The molecule has 0 saturated carbocycles.